The number of aromatic nitrogens is 5. The molecule has 1 aromatic carbocycles. The molecule has 3 rings (SSSR count). The van der Waals surface area contributed by atoms with Crippen LogP contribution in [0.3, 0.4) is 0 Å². The van der Waals surface area contributed by atoms with E-state index in [0.717, 1.165) is 5.56 Å². The van der Waals surface area contributed by atoms with Gasteiger partial charge in [0.25, 0.3) is 0 Å². The number of anilines is 1. The minimum Gasteiger partial charge on any atom is -0.345 e. The van der Waals surface area contributed by atoms with Gasteiger partial charge in [0.1, 0.15) is 12.7 Å². The Kier molecular flexibility index (Phi) is 3.64. The van der Waals surface area contributed by atoms with Gasteiger partial charge in [0.15, 0.2) is 0 Å². The molecular weight excluding hydrogens is 252 g/mol. The number of hydrogen-bond acceptors (Lipinski definition) is 5. The number of nitrogens with one attached hydrogen (secondary N) is 1. The first kappa shape index (κ1) is 12.3. The Morgan fingerprint density at radius 2 is 1.85 bits per heavy atom. The second kappa shape index (κ2) is 5.92. The van der Waals surface area contributed by atoms with Gasteiger partial charge in [-0.3, -0.25) is 4.68 Å². The molecule has 6 heteroatoms. The molecule has 0 aliphatic rings. The summed E-state index contributed by atoms with van der Waals surface area (Å²) in [6.45, 7) is 0.697. The summed E-state index contributed by atoms with van der Waals surface area (Å²) in [5.74, 6) is 0.556. The van der Waals surface area contributed by atoms with E-state index in [4.69, 9.17) is 0 Å². The number of nitrogens with zero attached hydrogens (tertiary/aromatic N) is 5. The van der Waals surface area contributed by atoms with E-state index in [9.17, 15) is 0 Å². The summed E-state index contributed by atoms with van der Waals surface area (Å²) in [6.07, 6.45) is 6.66. The van der Waals surface area contributed by atoms with E-state index in [2.05, 4.69) is 37.5 Å². The molecule has 0 unspecified atom stereocenters. The topological polar surface area (TPSA) is 68.5 Å². The third-order valence-electron chi connectivity index (χ3n) is 2.93. The van der Waals surface area contributed by atoms with Gasteiger partial charge >= 0.3 is 0 Å². The minimum absolute atomic E-state index is 0.0403. The van der Waals surface area contributed by atoms with E-state index in [1.165, 1.54) is 12.7 Å². The lowest BCUT2D eigenvalue weighted by molar-refractivity contribution is 0.548. The zero-order valence-electron chi connectivity index (χ0n) is 10.8. The largest absolute Gasteiger partial charge is 0.345 e. The predicted molar refractivity (Wildman–Crippen MR) is 74.9 cm³/mol. The average Bonchev–Trinajstić information content (AvgIpc) is 3.02. The van der Waals surface area contributed by atoms with Gasteiger partial charge in [-0.25, -0.2) is 15.0 Å². The molecule has 0 fully saturated rings. The molecule has 0 radical (unpaired) electrons. The SMILES string of the molecule is c1ccc([C@@H](Cn2cccn2)Nc2ncncn2)cc1. The zero-order chi connectivity index (χ0) is 13.6. The fourth-order valence-electron chi connectivity index (χ4n) is 1.98. The Morgan fingerprint density at radius 1 is 1.05 bits per heavy atom. The Morgan fingerprint density at radius 3 is 2.55 bits per heavy atom. The summed E-state index contributed by atoms with van der Waals surface area (Å²) < 4.78 is 1.88. The van der Waals surface area contributed by atoms with Gasteiger partial charge in [0.2, 0.25) is 5.95 Å². The molecule has 3 aromatic rings. The lowest BCUT2D eigenvalue weighted by Gasteiger charge is -2.19. The van der Waals surface area contributed by atoms with Crippen LogP contribution in [0.4, 0.5) is 5.95 Å². The molecule has 100 valence electrons. The maximum absolute atomic E-state index is 4.25. The zero-order valence-corrected chi connectivity index (χ0v) is 10.8. The van der Waals surface area contributed by atoms with Crippen LogP contribution in [0.2, 0.25) is 0 Å². The monoisotopic (exact) mass is 266 g/mol. The highest BCUT2D eigenvalue weighted by atomic mass is 15.3. The van der Waals surface area contributed by atoms with E-state index >= 15 is 0 Å². The maximum atomic E-state index is 4.25. The van der Waals surface area contributed by atoms with Crippen molar-refractivity contribution in [2.45, 2.75) is 12.6 Å². The molecule has 1 N–H and O–H groups in total. The quantitative estimate of drug-likeness (QED) is 0.764. The van der Waals surface area contributed by atoms with Crippen molar-refractivity contribution in [3.63, 3.8) is 0 Å². The van der Waals surface area contributed by atoms with Gasteiger partial charge in [-0.2, -0.15) is 5.10 Å². The van der Waals surface area contributed by atoms with Crippen LogP contribution in [0.5, 0.6) is 0 Å². The molecule has 6 nitrogen and oxygen atoms in total. The minimum atomic E-state index is 0.0403. The first-order valence-electron chi connectivity index (χ1n) is 6.33. The highest BCUT2D eigenvalue weighted by Gasteiger charge is 2.13. The molecule has 0 amide bonds. The standard InChI is InChI=1S/C14H14N6/c1-2-5-12(6-3-1)13(9-20-8-4-7-18-20)19-14-16-10-15-11-17-14/h1-8,10-11,13H,9H2,(H,15,16,17,19)/t13-/m1/s1. The van der Waals surface area contributed by atoms with Crippen LogP contribution >= 0.6 is 0 Å². The summed E-state index contributed by atoms with van der Waals surface area (Å²) in [6, 6.07) is 12.1. The van der Waals surface area contributed by atoms with Crippen LogP contribution in [0.15, 0.2) is 61.4 Å². The van der Waals surface area contributed by atoms with Crippen LogP contribution in [0.1, 0.15) is 11.6 Å². The van der Waals surface area contributed by atoms with E-state index in [1.54, 1.807) is 6.20 Å². The third kappa shape index (κ3) is 2.97. The second-order valence-electron chi connectivity index (χ2n) is 4.30. The van der Waals surface area contributed by atoms with Crippen molar-refractivity contribution >= 4 is 5.95 Å². The van der Waals surface area contributed by atoms with E-state index in [0.29, 0.717) is 12.5 Å². The van der Waals surface area contributed by atoms with Gasteiger partial charge < -0.3 is 5.32 Å². The van der Waals surface area contributed by atoms with Crippen molar-refractivity contribution in [3.8, 4) is 0 Å². The van der Waals surface area contributed by atoms with Crippen molar-refractivity contribution < 1.29 is 0 Å². The van der Waals surface area contributed by atoms with Crippen molar-refractivity contribution in [3.05, 3.63) is 67.0 Å². The Labute approximate surface area is 116 Å². The molecule has 2 heterocycles. The molecule has 0 bridgehead atoms. The highest BCUT2D eigenvalue weighted by Crippen LogP contribution is 2.18. The summed E-state index contributed by atoms with van der Waals surface area (Å²) >= 11 is 0. The Bertz CT molecular complexity index is 623. The highest BCUT2D eigenvalue weighted by molar-refractivity contribution is 5.30. The normalized spacial score (nSPS) is 12.0. The van der Waals surface area contributed by atoms with Gasteiger partial charge in [-0.1, -0.05) is 30.3 Å². The molecule has 20 heavy (non-hydrogen) atoms. The summed E-state index contributed by atoms with van der Waals surface area (Å²) in [7, 11) is 0. The maximum Gasteiger partial charge on any atom is 0.226 e. The van der Waals surface area contributed by atoms with Crippen LogP contribution < -0.4 is 5.32 Å². The molecular formula is C14H14N6. The summed E-state index contributed by atoms with van der Waals surface area (Å²) in [4.78, 5) is 12.0. The number of rotatable bonds is 5. The molecule has 0 aliphatic carbocycles. The lowest BCUT2D eigenvalue weighted by Crippen LogP contribution is -2.19. The van der Waals surface area contributed by atoms with Crippen molar-refractivity contribution in [2.24, 2.45) is 0 Å². The second-order valence-corrected chi connectivity index (χ2v) is 4.30. The average molecular weight is 266 g/mol. The first-order chi connectivity index (χ1) is 9.92. The lowest BCUT2D eigenvalue weighted by atomic mass is 10.1. The van der Waals surface area contributed by atoms with Crippen molar-refractivity contribution in [1.82, 2.24) is 24.7 Å². The van der Waals surface area contributed by atoms with Crippen LogP contribution in [0, 0.1) is 0 Å². The Balaban J connectivity index is 1.83. The number of benzene rings is 1. The number of hydrogen-bond donors (Lipinski definition) is 1. The molecule has 0 saturated carbocycles. The van der Waals surface area contributed by atoms with E-state index in [-0.39, 0.29) is 6.04 Å². The van der Waals surface area contributed by atoms with E-state index < -0.39 is 0 Å². The first-order valence-corrected chi connectivity index (χ1v) is 6.33. The van der Waals surface area contributed by atoms with Crippen molar-refractivity contribution in [2.75, 3.05) is 5.32 Å². The van der Waals surface area contributed by atoms with Gasteiger partial charge in [-0.05, 0) is 11.6 Å². The summed E-state index contributed by atoms with van der Waals surface area (Å²) in [5.41, 5.74) is 1.16. The predicted octanol–water partition coefficient (Wildman–Crippen LogP) is 1.92. The summed E-state index contributed by atoms with van der Waals surface area (Å²) in [5, 5.41) is 7.56. The van der Waals surface area contributed by atoms with Gasteiger partial charge in [0.05, 0.1) is 12.6 Å². The smallest absolute Gasteiger partial charge is 0.226 e. The molecule has 0 spiro atoms. The van der Waals surface area contributed by atoms with Gasteiger partial charge in [0, 0.05) is 12.4 Å². The van der Waals surface area contributed by atoms with Crippen LogP contribution in [-0.4, -0.2) is 24.7 Å². The molecule has 2 aromatic heterocycles. The van der Waals surface area contributed by atoms with E-state index in [1.807, 2.05) is 35.1 Å². The molecule has 0 saturated heterocycles. The molecule has 1 atom stereocenters. The van der Waals surface area contributed by atoms with Crippen molar-refractivity contribution in [1.29, 1.82) is 0 Å². The van der Waals surface area contributed by atoms with Crippen LogP contribution in [0.25, 0.3) is 0 Å². The fourth-order valence-corrected chi connectivity index (χ4v) is 1.98. The van der Waals surface area contributed by atoms with Crippen LogP contribution in [-0.2, 0) is 6.54 Å². The fraction of sp³-hybridized carbons (Fsp3) is 0.143. The third-order valence-corrected chi connectivity index (χ3v) is 2.93. The van der Waals surface area contributed by atoms with Gasteiger partial charge in [-0.15, -0.1) is 0 Å². The Hall–Kier alpha value is -2.76. The molecule has 0 aliphatic heterocycles.